The Balaban J connectivity index is 1.91. The zero-order valence-corrected chi connectivity index (χ0v) is 14.6. The summed E-state index contributed by atoms with van der Waals surface area (Å²) in [5, 5.41) is 12.4. The molecule has 1 atom stereocenters. The zero-order chi connectivity index (χ0) is 18.9. The quantitative estimate of drug-likeness (QED) is 0.665. The number of nitrogens with one attached hydrogen (secondary N) is 1. The van der Waals surface area contributed by atoms with E-state index in [4.69, 9.17) is 11.6 Å². The number of thiazole rings is 1. The number of hydrogen-bond donors (Lipinski definition) is 2. The lowest BCUT2D eigenvalue weighted by atomic mass is 9.99. The Bertz CT molecular complexity index is 927. The standard InChI is InChI=1S/C17H12ClF3N2O2S/c18-10-4-3-5-11(8-10)22-14(24)9-16(25,17(19,20)21)15-23-12-6-1-2-7-13(12)26-15/h1-8,25H,9H2,(H,22,24)/t16-/m0/s1. The molecule has 26 heavy (non-hydrogen) atoms. The molecular formula is C17H12ClF3N2O2S. The molecule has 2 N–H and O–H groups in total. The fourth-order valence-electron chi connectivity index (χ4n) is 2.35. The lowest BCUT2D eigenvalue weighted by Crippen LogP contribution is -2.45. The average Bonchev–Trinajstić information content (AvgIpc) is 2.98. The van der Waals surface area contributed by atoms with Crippen LogP contribution in [0.4, 0.5) is 18.9 Å². The molecule has 0 spiro atoms. The van der Waals surface area contributed by atoms with Crippen molar-refractivity contribution < 1.29 is 23.1 Å². The summed E-state index contributed by atoms with van der Waals surface area (Å²) in [6, 6.07) is 12.4. The van der Waals surface area contributed by atoms with Gasteiger partial charge in [0.1, 0.15) is 5.01 Å². The van der Waals surface area contributed by atoms with E-state index in [0.717, 1.165) is 0 Å². The van der Waals surface area contributed by atoms with Crippen LogP contribution < -0.4 is 5.32 Å². The number of nitrogens with zero attached hydrogens (tertiary/aromatic N) is 1. The second-order valence-corrected chi connectivity index (χ2v) is 7.05. The maximum Gasteiger partial charge on any atom is 0.424 e. The van der Waals surface area contributed by atoms with Gasteiger partial charge < -0.3 is 10.4 Å². The van der Waals surface area contributed by atoms with Crippen LogP contribution in [0.15, 0.2) is 48.5 Å². The van der Waals surface area contributed by atoms with Gasteiger partial charge in [-0.25, -0.2) is 4.98 Å². The first-order valence-electron chi connectivity index (χ1n) is 7.39. The molecule has 0 fully saturated rings. The van der Waals surface area contributed by atoms with Crippen molar-refractivity contribution in [2.75, 3.05) is 5.32 Å². The van der Waals surface area contributed by atoms with Gasteiger partial charge in [0.15, 0.2) is 0 Å². The van der Waals surface area contributed by atoms with Crippen molar-refractivity contribution in [2.45, 2.75) is 18.2 Å². The highest BCUT2D eigenvalue weighted by Gasteiger charge is 2.58. The molecule has 1 aromatic heterocycles. The van der Waals surface area contributed by atoms with Gasteiger partial charge in [0.25, 0.3) is 0 Å². The number of para-hydroxylation sites is 1. The van der Waals surface area contributed by atoms with Gasteiger partial charge in [0, 0.05) is 10.7 Å². The number of rotatable bonds is 4. The van der Waals surface area contributed by atoms with E-state index in [9.17, 15) is 23.1 Å². The maximum atomic E-state index is 13.6. The molecule has 136 valence electrons. The number of carbonyl (C=O) groups is 1. The summed E-state index contributed by atoms with van der Waals surface area (Å²) in [5.41, 5.74) is -2.83. The maximum absolute atomic E-state index is 13.6. The van der Waals surface area contributed by atoms with Gasteiger partial charge in [-0.05, 0) is 30.3 Å². The third-order valence-corrected chi connectivity index (χ3v) is 5.06. The van der Waals surface area contributed by atoms with Crippen LogP contribution in [0.2, 0.25) is 5.02 Å². The number of aliphatic hydroxyl groups is 1. The molecule has 0 bridgehead atoms. The number of amides is 1. The minimum atomic E-state index is -5.08. The van der Waals surface area contributed by atoms with Crippen LogP contribution in [0.3, 0.4) is 0 Å². The molecule has 0 saturated carbocycles. The van der Waals surface area contributed by atoms with Crippen molar-refractivity contribution in [1.82, 2.24) is 4.98 Å². The van der Waals surface area contributed by atoms with Gasteiger partial charge in [-0.3, -0.25) is 4.79 Å². The van der Waals surface area contributed by atoms with Gasteiger partial charge in [-0.1, -0.05) is 29.8 Å². The highest BCUT2D eigenvalue weighted by atomic mass is 35.5. The zero-order valence-electron chi connectivity index (χ0n) is 13.0. The van der Waals surface area contributed by atoms with Crippen LogP contribution in [-0.2, 0) is 10.4 Å². The highest BCUT2D eigenvalue weighted by molar-refractivity contribution is 7.18. The number of alkyl halides is 3. The van der Waals surface area contributed by atoms with Gasteiger partial charge >= 0.3 is 6.18 Å². The van der Waals surface area contributed by atoms with E-state index in [1.54, 1.807) is 30.3 Å². The second kappa shape index (κ2) is 6.86. The van der Waals surface area contributed by atoms with Crippen LogP contribution >= 0.6 is 22.9 Å². The van der Waals surface area contributed by atoms with Crippen molar-refractivity contribution in [2.24, 2.45) is 0 Å². The van der Waals surface area contributed by atoms with Crippen LogP contribution in [0.25, 0.3) is 10.2 Å². The minimum Gasteiger partial charge on any atom is -0.374 e. The molecule has 0 aliphatic carbocycles. The first kappa shape index (κ1) is 18.6. The first-order chi connectivity index (χ1) is 12.2. The molecule has 0 aliphatic rings. The number of aromatic nitrogens is 1. The highest BCUT2D eigenvalue weighted by Crippen LogP contribution is 2.44. The number of hydrogen-bond acceptors (Lipinski definition) is 4. The normalized spacial score (nSPS) is 14.2. The third kappa shape index (κ3) is 3.67. The van der Waals surface area contributed by atoms with E-state index in [-0.39, 0.29) is 5.69 Å². The van der Waals surface area contributed by atoms with Gasteiger partial charge in [-0.15, -0.1) is 11.3 Å². The largest absolute Gasteiger partial charge is 0.424 e. The summed E-state index contributed by atoms with van der Waals surface area (Å²) < 4.78 is 41.3. The molecule has 0 unspecified atom stereocenters. The molecule has 0 aliphatic heterocycles. The van der Waals surface area contributed by atoms with Crippen LogP contribution in [0.1, 0.15) is 11.4 Å². The number of carbonyl (C=O) groups excluding carboxylic acids is 1. The Morgan fingerprint density at radius 1 is 1.19 bits per heavy atom. The van der Waals surface area contributed by atoms with Crippen molar-refractivity contribution in [3.63, 3.8) is 0 Å². The van der Waals surface area contributed by atoms with Crippen LogP contribution in [0, 0.1) is 0 Å². The Morgan fingerprint density at radius 3 is 2.58 bits per heavy atom. The lowest BCUT2D eigenvalue weighted by Gasteiger charge is -2.27. The van der Waals surface area contributed by atoms with Gasteiger partial charge in [-0.2, -0.15) is 13.2 Å². The van der Waals surface area contributed by atoms with Crippen molar-refractivity contribution in [3.8, 4) is 0 Å². The molecule has 2 aromatic carbocycles. The first-order valence-corrected chi connectivity index (χ1v) is 8.59. The summed E-state index contributed by atoms with van der Waals surface area (Å²) in [6.07, 6.45) is -6.30. The minimum absolute atomic E-state index is 0.233. The predicted molar refractivity (Wildman–Crippen MR) is 94.3 cm³/mol. The number of fused-ring (bicyclic) bond motifs is 1. The molecule has 0 saturated heterocycles. The molecule has 1 heterocycles. The molecule has 9 heteroatoms. The van der Waals surface area contributed by atoms with E-state index in [1.165, 1.54) is 18.2 Å². The summed E-state index contributed by atoms with van der Waals surface area (Å²) in [6.45, 7) is 0. The molecule has 1 amide bonds. The topological polar surface area (TPSA) is 62.2 Å². The predicted octanol–water partition coefficient (Wildman–Crippen LogP) is 4.73. The summed E-state index contributed by atoms with van der Waals surface area (Å²) in [4.78, 5) is 16.0. The van der Waals surface area contributed by atoms with E-state index < -0.39 is 29.1 Å². The molecule has 4 nitrogen and oxygen atoms in total. The van der Waals surface area contributed by atoms with Crippen molar-refractivity contribution in [3.05, 3.63) is 58.6 Å². The van der Waals surface area contributed by atoms with E-state index >= 15 is 0 Å². The van der Waals surface area contributed by atoms with E-state index in [0.29, 0.717) is 26.6 Å². The second-order valence-electron chi connectivity index (χ2n) is 5.58. The van der Waals surface area contributed by atoms with E-state index in [1.807, 2.05) is 0 Å². The number of anilines is 1. The van der Waals surface area contributed by atoms with Gasteiger partial charge in [0.2, 0.25) is 11.5 Å². The SMILES string of the molecule is O=C(C[C@](O)(c1nc2ccccc2s1)C(F)(F)F)Nc1cccc(Cl)c1. The number of benzene rings is 2. The summed E-state index contributed by atoms with van der Waals surface area (Å²) >= 11 is 6.49. The average molecular weight is 401 g/mol. The fraction of sp³-hybridized carbons (Fsp3) is 0.176. The molecule has 3 aromatic rings. The summed E-state index contributed by atoms with van der Waals surface area (Å²) in [5.74, 6) is -1.01. The lowest BCUT2D eigenvalue weighted by molar-refractivity contribution is -0.266. The van der Waals surface area contributed by atoms with Crippen LogP contribution in [0.5, 0.6) is 0 Å². The molecule has 3 rings (SSSR count). The van der Waals surface area contributed by atoms with Crippen LogP contribution in [-0.4, -0.2) is 22.2 Å². The monoisotopic (exact) mass is 400 g/mol. The Morgan fingerprint density at radius 2 is 1.92 bits per heavy atom. The summed E-state index contributed by atoms with van der Waals surface area (Å²) in [7, 11) is 0. The van der Waals surface area contributed by atoms with Crippen molar-refractivity contribution in [1.29, 1.82) is 0 Å². The smallest absolute Gasteiger partial charge is 0.374 e. The Kier molecular flexibility index (Phi) is 4.92. The van der Waals surface area contributed by atoms with Gasteiger partial charge in [0.05, 0.1) is 16.6 Å². The van der Waals surface area contributed by atoms with E-state index in [2.05, 4.69) is 10.3 Å². The Labute approximate surface area is 155 Å². The van der Waals surface area contributed by atoms with Crippen molar-refractivity contribution >= 4 is 44.7 Å². The Hall–Kier alpha value is -2.16. The number of halogens is 4. The molecular weight excluding hydrogens is 389 g/mol. The fourth-order valence-corrected chi connectivity index (χ4v) is 3.61. The molecule has 0 radical (unpaired) electrons. The third-order valence-electron chi connectivity index (χ3n) is 3.64.